The second-order valence-corrected chi connectivity index (χ2v) is 30.2. The second-order valence-electron chi connectivity index (χ2n) is 28.6. The Morgan fingerprint density at radius 3 is 1.17 bits per heavy atom. The van der Waals surface area contributed by atoms with Crippen molar-refractivity contribution >= 4 is 124 Å². The third-order valence-electron chi connectivity index (χ3n) is 18.9. The summed E-state index contributed by atoms with van der Waals surface area (Å²) in [7, 11) is -5.22. The van der Waals surface area contributed by atoms with Crippen molar-refractivity contribution < 1.29 is 85.2 Å². The Morgan fingerprint density at radius 2 is 0.793 bits per heavy atom. The van der Waals surface area contributed by atoms with E-state index in [9.17, 15) is 19.7 Å². The van der Waals surface area contributed by atoms with Gasteiger partial charge >= 0.3 is 46.3 Å². The monoisotopic (exact) mass is 1960 g/mol. The van der Waals surface area contributed by atoms with Crippen LogP contribution >= 0.6 is 36.4 Å². The van der Waals surface area contributed by atoms with Gasteiger partial charge in [-0.25, -0.2) is 0 Å². The molecule has 0 unspecified atom stereocenters. The van der Waals surface area contributed by atoms with Crippen LogP contribution in [0.25, 0.3) is 43.9 Å². The molecule has 0 saturated heterocycles. The first-order valence-electron chi connectivity index (χ1n) is 42.0. The Kier molecular flexibility index (Phi) is 63.8. The van der Waals surface area contributed by atoms with Crippen LogP contribution in [0.3, 0.4) is 0 Å². The van der Waals surface area contributed by atoms with Crippen LogP contribution < -0.4 is 15.2 Å². The quantitative estimate of drug-likeness (QED) is 0.00800. The van der Waals surface area contributed by atoms with Gasteiger partial charge < -0.3 is 47.6 Å². The van der Waals surface area contributed by atoms with Gasteiger partial charge in [-0.05, 0) is 251 Å². The Bertz CT molecular complexity index is 4650. The van der Waals surface area contributed by atoms with Crippen LogP contribution in [0.1, 0.15) is 254 Å². The summed E-state index contributed by atoms with van der Waals surface area (Å²) >= 11 is 3.50. The molecule has 10 aromatic rings. The Balaban J connectivity index is 0. The van der Waals surface area contributed by atoms with E-state index in [0.29, 0.717) is 29.9 Å². The van der Waals surface area contributed by atoms with Crippen molar-refractivity contribution in [2.24, 2.45) is 0 Å². The van der Waals surface area contributed by atoms with Crippen molar-refractivity contribution in [3.8, 4) is 11.5 Å². The number of rotatable bonds is 41. The van der Waals surface area contributed by atoms with E-state index in [4.69, 9.17) is 77.7 Å². The summed E-state index contributed by atoms with van der Waals surface area (Å²) in [6, 6.07) is 43.5. The molecule has 0 aliphatic rings. The number of hydrogen-bond donors (Lipinski definition) is 3. The second kappa shape index (κ2) is 68.3. The third-order valence-corrected chi connectivity index (χ3v) is 19.2. The van der Waals surface area contributed by atoms with Gasteiger partial charge in [0.25, 0.3) is 10.9 Å². The van der Waals surface area contributed by atoms with E-state index in [1.54, 1.807) is 36.4 Å². The summed E-state index contributed by atoms with van der Waals surface area (Å²) in [5.41, 5.74) is 14.4. The van der Waals surface area contributed by atoms with E-state index >= 15 is 0 Å². The van der Waals surface area contributed by atoms with Crippen molar-refractivity contribution in [2.45, 2.75) is 231 Å². The number of fused-ring (bicyclic) bond motifs is 4. The molecule has 10 rings (SSSR count). The molecule has 4 N–H and O–H groups in total. The molecule has 0 atom stereocenters. The number of nitrogens with two attached hydrogens (primary N) is 1. The van der Waals surface area contributed by atoms with Gasteiger partial charge in [0.05, 0.1) is 23.7 Å². The molecule has 0 amide bonds. The summed E-state index contributed by atoms with van der Waals surface area (Å²) < 4.78 is 97.4. The van der Waals surface area contributed by atoms with Crippen molar-refractivity contribution in [1.82, 2.24) is 14.7 Å². The minimum absolute atomic E-state index is 0. The SMILES string of the molecule is CCCCN(CCCC)CCCOc1ccc(C(=O)Cl)cc1.CCCCc1cc2cc(C)ccc2o1.CCCCc1cc2cc(N)ccc2o1.CCCCc1cc2cc([N+](=O)[O-])ccc2o1.CCCCc1oc2ccc(C)cc2c1C(=O)c1ccc(OCCCN(CCCC)CCCC)cc1.CCN(CC)CC.Cl.Cl.N=S(=O)=O.N=S(=O)=O.[HH].[O]=[Pt]=[O]. The van der Waals surface area contributed by atoms with Gasteiger partial charge in [-0.1, -0.05) is 151 Å². The normalized spacial score (nSPS) is 10.4. The molecule has 0 radical (unpaired) electrons. The summed E-state index contributed by atoms with van der Waals surface area (Å²) in [5.74, 6) is 5.50. The number of ketones is 1. The molecule has 4 aromatic heterocycles. The summed E-state index contributed by atoms with van der Waals surface area (Å²) in [4.78, 5) is 42.2. The maximum absolute atomic E-state index is 13.5. The average molecular weight is 1960 g/mol. The molecule has 4 heterocycles. The topological polar surface area (TPSA) is 334 Å². The molecule has 0 aliphatic carbocycles. The average Bonchev–Trinajstić information content (AvgIpc) is 1.64. The zero-order valence-corrected chi connectivity index (χ0v) is 79.6. The first-order valence-corrected chi connectivity index (χ1v) is 46.4. The van der Waals surface area contributed by atoms with Gasteiger partial charge in [0.1, 0.15) is 56.9 Å². The number of ether oxygens (including phenoxy) is 2. The molecule has 0 saturated carbocycles. The molecule has 121 heavy (non-hydrogen) atoms. The van der Waals surface area contributed by atoms with Crippen molar-refractivity contribution in [2.75, 3.05) is 77.9 Å². The van der Waals surface area contributed by atoms with Gasteiger partial charge in [0.15, 0.2) is 5.78 Å². The molecule has 678 valence electrons. The van der Waals surface area contributed by atoms with Crippen LogP contribution in [-0.2, 0) is 72.0 Å². The van der Waals surface area contributed by atoms with Crippen LogP contribution in [0, 0.1) is 33.5 Å². The molecule has 6 aromatic carbocycles. The summed E-state index contributed by atoms with van der Waals surface area (Å²) in [6.07, 6.45) is 24.8. The molecule has 29 heteroatoms. The zero-order chi connectivity index (χ0) is 88.3. The number of nitrogens with zero attached hydrogens (tertiary/aromatic N) is 4. The number of aryl methyl sites for hydroxylation is 6. The van der Waals surface area contributed by atoms with Crippen LogP contribution in [0.2, 0.25) is 0 Å². The molecular formula is C92H136Cl3N7O16PtS2. The standard InChI is InChI=1S/C31H43NO3.C18H28ClNO2.C13H16O.C12H13NO3.C12H15NO.C6H15N.2ClH.2HNO2S.2O.Pt.H2/c1-5-8-12-29-30(27-23-24(4)13-18-28(27)35-29)31(33)25-14-16-26(17-15-25)34-22-11-21-32(19-9-6-2)20-10-7-3;1-3-5-12-20(13-6-4-2)14-7-15-22-17-10-8-16(9-11-17)18(19)21;1-3-4-5-12-9-11-8-10(2)6-7-13(11)14-12;1-2-3-4-11-8-9-7-10(13(14)15)5-6-12(9)16-11;1-2-3-4-11-8-9-7-10(13)5-6-12(9)14-11;1-4-7(5-2)6-3;;;2*1-4(2)3;;;;/h13-18,23H,5-12,19-22H2,1-4H3;8-11H,3-7,12-15H2,1-2H3;6-9H,3-5H2,1-2H3;5-8H,2-4H2,1H3;5-8H,2-4,13H2,1H3;4-6H2,1-3H3;2*1H;2*1H;;;;1H. The number of carbonyl (C=O) groups is 2. The number of unbranched alkanes of at least 4 members (excludes halogenated alkanes) is 8. The number of non-ortho nitro benzene ring substituents is 1. The Morgan fingerprint density at radius 1 is 0.455 bits per heavy atom. The Hall–Kier alpha value is -8.10. The minimum atomic E-state index is -2.61. The van der Waals surface area contributed by atoms with Crippen molar-refractivity contribution in [3.05, 3.63) is 200 Å². The van der Waals surface area contributed by atoms with Crippen LogP contribution in [0.5, 0.6) is 11.5 Å². The fourth-order valence-electron chi connectivity index (χ4n) is 12.3. The molecule has 0 fully saturated rings. The van der Waals surface area contributed by atoms with E-state index in [1.807, 2.05) is 67.6 Å². The molecule has 0 aliphatic heterocycles. The van der Waals surface area contributed by atoms with Gasteiger partial charge in [0, 0.05) is 90.7 Å². The maximum atomic E-state index is 13.5. The number of anilines is 1. The number of nitro benzene ring substituents is 1. The number of nitro groups is 1. The van der Waals surface area contributed by atoms with Crippen LogP contribution in [0.4, 0.5) is 11.4 Å². The van der Waals surface area contributed by atoms with E-state index in [-0.39, 0.29) is 37.7 Å². The Labute approximate surface area is 748 Å². The van der Waals surface area contributed by atoms with Crippen LogP contribution in [0.15, 0.2) is 157 Å². The molecule has 0 bridgehead atoms. The van der Waals surface area contributed by atoms with E-state index in [2.05, 4.69) is 134 Å². The first-order chi connectivity index (χ1) is 57.2. The molecular weight excluding hydrogens is 1820 g/mol. The number of nitrogen functional groups attached to an aromatic ring is 1. The summed E-state index contributed by atoms with van der Waals surface area (Å²) in [6.45, 7) is 40.2. The van der Waals surface area contributed by atoms with Crippen molar-refractivity contribution in [3.63, 3.8) is 0 Å². The van der Waals surface area contributed by atoms with Crippen molar-refractivity contribution in [1.29, 1.82) is 9.56 Å². The summed E-state index contributed by atoms with van der Waals surface area (Å²) in [5, 5.41) is 14.2. The predicted molar refractivity (Wildman–Crippen MR) is 494 cm³/mol. The number of nitrogens with one attached hydrogen (secondary N) is 2. The van der Waals surface area contributed by atoms with E-state index in [1.165, 1.54) is 140 Å². The number of carbonyl (C=O) groups excluding carboxylic acids is 2. The van der Waals surface area contributed by atoms with Gasteiger partial charge in [0.2, 0.25) is 0 Å². The molecule has 0 spiro atoms. The van der Waals surface area contributed by atoms with Gasteiger partial charge in [-0.2, -0.15) is 26.4 Å². The molecule has 23 nitrogen and oxygen atoms in total. The van der Waals surface area contributed by atoms with E-state index < -0.39 is 49.7 Å². The fourth-order valence-corrected chi connectivity index (χ4v) is 12.5. The fraction of sp³-hybridized carbons (Fsp3) is 0.500. The first kappa shape index (κ1) is 113. The third kappa shape index (κ3) is 47.9. The number of hydrogen-bond acceptors (Lipinski definition) is 22. The van der Waals surface area contributed by atoms with Crippen LogP contribution in [-0.4, -0.2) is 120 Å². The van der Waals surface area contributed by atoms with Gasteiger partial charge in [-0.3, -0.25) is 19.7 Å². The number of benzene rings is 6. The van der Waals surface area contributed by atoms with Gasteiger partial charge in [-0.15, -0.1) is 24.8 Å². The van der Waals surface area contributed by atoms with E-state index in [0.717, 1.165) is 162 Å². The zero-order valence-electron chi connectivity index (χ0n) is 73.3. The number of halogens is 3. The number of furan rings is 4. The predicted octanol–water partition coefficient (Wildman–Crippen LogP) is 25.3.